The number of carboxylic acids is 1. The molecule has 2 unspecified atom stereocenters. The van der Waals surface area contributed by atoms with Crippen LogP contribution < -0.4 is 0 Å². The molecule has 3 N–H and O–H groups in total. The van der Waals surface area contributed by atoms with E-state index in [1.807, 2.05) is 0 Å². The van der Waals surface area contributed by atoms with Gasteiger partial charge >= 0.3 is 5.97 Å². The third-order valence-corrected chi connectivity index (χ3v) is 2.96. The Morgan fingerprint density at radius 1 is 1.35 bits per heavy atom. The minimum Gasteiger partial charge on any atom is -0.481 e. The fraction of sp³-hybridized carbons (Fsp3) is 0.364. The zero-order chi connectivity index (χ0) is 13.0. The highest BCUT2D eigenvalue weighted by atomic mass is 35.5. The molecule has 0 amide bonds. The zero-order valence-electron chi connectivity index (χ0n) is 8.81. The maximum atomic E-state index is 10.6. The summed E-state index contributed by atoms with van der Waals surface area (Å²) in [7, 11) is 0. The van der Waals surface area contributed by atoms with Crippen molar-refractivity contribution < 1.29 is 20.1 Å². The lowest BCUT2D eigenvalue weighted by molar-refractivity contribution is -0.136. The summed E-state index contributed by atoms with van der Waals surface area (Å²) in [5.74, 6) is -1.13. The molecule has 2 atom stereocenters. The number of alkyl halides is 1. The summed E-state index contributed by atoms with van der Waals surface area (Å²) in [4.78, 5) is 10.6. The van der Waals surface area contributed by atoms with E-state index >= 15 is 0 Å². The lowest BCUT2D eigenvalue weighted by Crippen LogP contribution is -2.20. The Labute approximate surface area is 108 Å². The van der Waals surface area contributed by atoms with Crippen LogP contribution in [0.5, 0.6) is 0 Å². The highest BCUT2D eigenvalue weighted by Crippen LogP contribution is 2.24. The van der Waals surface area contributed by atoms with Crippen LogP contribution in [-0.2, 0) is 11.2 Å². The molecule has 17 heavy (non-hydrogen) atoms. The van der Waals surface area contributed by atoms with Crippen molar-refractivity contribution in [3.63, 3.8) is 0 Å². The van der Waals surface area contributed by atoms with E-state index < -0.39 is 18.2 Å². The van der Waals surface area contributed by atoms with Crippen molar-refractivity contribution >= 4 is 29.2 Å². The first-order valence-electron chi connectivity index (χ1n) is 4.88. The van der Waals surface area contributed by atoms with Crippen LogP contribution in [-0.4, -0.2) is 33.3 Å². The van der Waals surface area contributed by atoms with E-state index in [2.05, 4.69) is 0 Å². The van der Waals surface area contributed by atoms with E-state index in [-0.39, 0.29) is 12.3 Å². The molecule has 0 aromatic heterocycles. The van der Waals surface area contributed by atoms with Crippen LogP contribution in [0.1, 0.15) is 17.2 Å². The van der Waals surface area contributed by atoms with Crippen LogP contribution in [0.3, 0.4) is 0 Å². The highest BCUT2D eigenvalue weighted by Gasteiger charge is 2.18. The number of hydrogen-bond acceptors (Lipinski definition) is 3. The van der Waals surface area contributed by atoms with E-state index in [4.69, 9.17) is 28.3 Å². The quantitative estimate of drug-likeness (QED) is 0.715. The number of carboxylic acid groups (broad SMARTS) is 1. The topological polar surface area (TPSA) is 77.8 Å². The van der Waals surface area contributed by atoms with Gasteiger partial charge in [0, 0.05) is 5.02 Å². The van der Waals surface area contributed by atoms with Gasteiger partial charge in [0.15, 0.2) is 0 Å². The van der Waals surface area contributed by atoms with Gasteiger partial charge in [-0.3, -0.25) is 4.79 Å². The van der Waals surface area contributed by atoms with Crippen LogP contribution in [0.4, 0.5) is 0 Å². The molecule has 0 fully saturated rings. The second-order valence-electron chi connectivity index (χ2n) is 3.59. The van der Waals surface area contributed by atoms with Crippen molar-refractivity contribution in [2.45, 2.75) is 18.6 Å². The number of halogens is 2. The van der Waals surface area contributed by atoms with Gasteiger partial charge < -0.3 is 15.3 Å². The average molecular weight is 279 g/mol. The van der Waals surface area contributed by atoms with Crippen molar-refractivity contribution in [1.29, 1.82) is 0 Å². The first-order chi connectivity index (χ1) is 7.95. The molecule has 94 valence electrons. The summed E-state index contributed by atoms with van der Waals surface area (Å²) in [5, 5.41) is 28.1. The summed E-state index contributed by atoms with van der Waals surface area (Å²) in [6, 6.07) is 4.46. The maximum Gasteiger partial charge on any atom is 0.307 e. The minimum absolute atomic E-state index is 0.113. The fourth-order valence-electron chi connectivity index (χ4n) is 1.38. The normalized spacial score (nSPS) is 14.4. The molecule has 0 radical (unpaired) electrons. The number of benzene rings is 1. The van der Waals surface area contributed by atoms with E-state index in [0.29, 0.717) is 16.1 Å². The van der Waals surface area contributed by atoms with Gasteiger partial charge in [0.1, 0.15) is 6.10 Å². The number of carbonyl (C=O) groups is 1. The predicted octanol–water partition coefficient (Wildman–Crippen LogP) is 1.60. The molecular formula is C11H12Cl2O4. The van der Waals surface area contributed by atoms with Crippen LogP contribution in [0.2, 0.25) is 5.02 Å². The molecule has 0 heterocycles. The number of rotatable bonds is 5. The molecule has 0 aliphatic heterocycles. The molecule has 0 saturated carbocycles. The first kappa shape index (κ1) is 14.3. The monoisotopic (exact) mass is 278 g/mol. The van der Waals surface area contributed by atoms with Crippen molar-refractivity contribution in [1.82, 2.24) is 0 Å². The Bertz CT molecular complexity index is 408. The van der Waals surface area contributed by atoms with Crippen LogP contribution in [0, 0.1) is 0 Å². The molecule has 0 spiro atoms. The van der Waals surface area contributed by atoms with E-state index in [9.17, 15) is 15.0 Å². The highest BCUT2D eigenvalue weighted by molar-refractivity contribution is 6.31. The van der Waals surface area contributed by atoms with Gasteiger partial charge in [-0.1, -0.05) is 23.7 Å². The SMILES string of the molecule is O=C(O)Cc1cc(C(O)C(O)CCl)ccc1Cl. The van der Waals surface area contributed by atoms with Crippen LogP contribution in [0.25, 0.3) is 0 Å². The number of aliphatic hydroxyl groups excluding tert-OH is 2. The van der Waals surface area contributed by atoms with Crippen molar-refractivity contribution in [3.8, 4) is 0 Å². The van der Waals surface area contributed by atoms with Gasteiger partial charge in [0.2, 0.25) is 0 Å². The fourth-order valence-corrected chi connectivity index (χ4v) is 1.74. The Kier molecular flexibility index (Phi) is 5.21. The molecule has 1 aromatic rings. The van der Waals surface area contributed by atoms with Gasteiger partial charge in [-0.25, -0.2) is 0 Å². The van der Waals surface area contributed by atoms with E-state index in [1.165, 1.54) is 18.2 Å². The number of aliphatic hydroxyl groups is 2. The minimum atomic E-state index is -1.16. The van der Waals surface area contributed by atoms with Gasteiger partial charge in [-0.15, -0.1) is 11.6 Å². The third kappa shape index (κ3) is 3.85. The Morgan fingerprint density at radius 3 is 2.53 bits per heavy atom. The Hall–Kier alpha value is -0.810. The molecule has 1 aromatic carbocycles. The van der Waals surface area contributed by atoms with Crippen LogP contribution >= 0.6 is 23.2 Å². The first-order valence-corrected chi connectivity index (χ1v) is 5.79. The molecule has 1 rings (SSSR count). The lowest BCUT2D eigenvalue weighted by Gasteiger charge is -2.16. The van der Waals surface area contributed by atoms with E-state index in [0.717, 1.165) is 0 Å². The standard InChI is InChI=1S/C11H12Cl2O4/c12-5-9(14)11(17)6-1-2-8(13)7(3-6)4-10(15)16/h1-3,9,11,14,17H,4-5H2,(H,15,16). The molecule has 0 aliphatic rings. The van der Waals surface area contributed by atoms with Crippen molar-refractivity contribution in [3.05, 3.63) is 34.3 Å². The molecule has 4 nitrogen and oxygen atoms in total. The second kappa shape index (κ2) is 6.21. The van der Waals surface area contributed by atoms with Gasteiger partial charge in [0.05, 0.1) is 18.4 Å². The summed E-state index contributed by atoms with van der Waals surface area (Å²) in [6.45, 7) is 0. The maximum absolute atomic E-state index is 10.6. The Balaban J connectivity index is 2.99. The Morgan fingerprint density at radius 2 is 2.00 bits per heavy atom. The molecule has 0 aliphatic carbocycles. The molecule has 0 saturated heterocycles. The summed E-state index contributed by atoms with van der Waals surface area (Å²) in [5.41, 5.74) is 0.774. The lowest BCUT2D eigenvalue weighted by atomic mass is 10.0. The van der Waals surface area contributed by atoms with E-state index in [1.54, 1.807) is 0 Å². The van der Waals surface area contributed by atoms with Crippen molar-refractivity contribution in [2.24, 2.45) is 0 Å². The largest absolute Gasteiger partial charge is 0.481 e. The van der Waals surface area contributed by atoms with Gasteiger partial charge in [-0.05, 0) is 17.2 Å². The van der Waals surface area contributed by atoms with Gasteiger partial charge in [-0.2, -0.15) is 0 Å². The molecule has 0 bridgehead atoms. The average Bonchev–Trinajstić information content (AvgIpc) is 2.29. The summed E-state index contributed by atoms with van der Waals surface area (Å²) >= 11 is 11.2. The van der Waals surface area contributed by atoms with Crippen LogP contribution in [0.15, 0.2) is 18.2 Å². The predicted molar refractivity (Wildman–Crippen MR) is 64.5 cm³/mol. The zero-order valence-corrected chi connectivity index (χ0v) is 10.3. The summed E-state index contributed by atoms with van der Waals surface area (Å²) < 4.78 is 0. The molecule has 6 heteroatoms. The number of aliphatic carboxylic acids is 1. The summed E-state index contributed by atoms with van der Waals surface area (Å²) in [6.07, 6.45) is -2.50. The third-order valence-electron chi connectivity index (χ3n) is 2.28. The second-order valence-corrected chi connectivity index (χ2v) is 4.30. The smallest absolute Gasteiger partial charge is 0.307 e. The molecular weight excluding hydrogens is 267 g/mol. The van der Waals surface area contributed by atoms with Crippen molar-refractivity contribution in [2.75, 3.05) is 5.88 Å². The van der Waals surface area contributed by atoms with Gasteiger partial charge in [0.25, 0.3) is 0 Å². The number of hydrogen-bond donors (Lipinski definition) is 3.